The molecule has 0 spiro atoms. The van der Waals surface area contributed by atoms with Gasteiger partial charge < -0.3 is 0 Å². The first kappa shape index (κ1) is 21.9. The molecule has 0 heterocycles. The van der Waals surface area contributed by atoms with Crippen LogP contribution in [-0.4, -0.2) is 0 Å². The Balaban J connectivity index is 1.80. The van der Waals surface area contributed by atoms with Crippen LogP contribution in [0.15, 0.2) is 85.0 Å². The minimum atomic E-state index is 0.367. The van der Waals surface area contributed by atoms with E-state index in [1.807, 2.05) is 0 Å². The van der Waals surface area contributed by atoms with Gasteiger partial charge in [-0.15, -0.1) is 0 Å². The highest BCUT2D eigenvalue weighted by Crippen LogP contribution is 2.56. The maximum Gasteiger partial charge on any atom is 0.00797 e. The number of benzene rings is 4. The quantitative estimate of drug-likeness (QED) is 0.290. The highest BCUT2D eigenvalue weighted by atomic mass is 14.4. The van der Waals surface area contributed by atoms with Crippen molar-refractivity contribution >= 4 is 5.57 Å². The van der Waals surface area contributed by atoms with Gasteiger partial charge in [0.2, 0.25) is 0 Å². The Kier molecular flexibility index (Phi) is 5.15. The highest BCUT2D eigenvalue weighted by molar-refractivity contribution is 6.04. The van der Waals surface area contributed by atoms with Gasteiger partial charge in [0.25, 0.3) is 0 Å². The predicted octanol–water partition coefficient (Wildman–Crippen LogP) is 9.73. The van der Waals surface area contributed by atoms with Gasteiger partial charge in [0.15, 0.2) is 0 Å². The Morgan fingerprint density at radius 1 is 0.629 bits per heavy atom. The Hall–Kier alpha value is -3.64. The molecule has 0 aliphatic heterocycles. The van der Waals surface area contributed by atoms with Crippen molar-refractivity contribution in [3.63, 3.8) is 0 Å². The van der Waals surface area contributed by atoms with Crippen molar-refractivity contribution in [1.82, 2.24) is 0 Å². The average molecular weight is 453 g/mol. The van der Waals surface area contributed by atoms with Crippen LogP contribution in [0.25, 0.3) is 39.0 Å². The fourth-order valence-electron chi connectivity index (χ4n) is 6.17. The van der Waals surface area contributed by atoms with Crippen LogP contribution in [0.5, 0.6) is 0 Å². The summed E-state index contributed by atoms with van der Waals surface area (Å²) in [6.45, 7) is 11.3. The number of allylic oxidation sites excluding steroid dienone is 4. The third-order valence-electron chi connectivity index (χ3n) is 7.94. The second kappa shape index (κ2) is 8.24. The topological polar surface area (TPSA) is 0 Å². The monoisotopic (exact) mass is 452 g/mol. The minimum Gasteiger partial charge on any atom is -0.0801 e. The molecule has 0 saturated heterocycles. The zero-order valence-corrected chi connectivity index (χ0v) is 21.4. The van der Waals surface area contributed by atoms with Gasteiger partial charge in [0, 0.05) is 5.92 Å². The third kappa shape index (κ3) is 3.43. The predicted molar refractivity (Wildman–Crippen MR) is 151 cm³/mol. The SMILES string of the molecule is Cc1ccc(-c2c(C)c(C3=CC=CC3)c3c(c2-c2ccc(C)cc2)-c2ccc(C)cc2C3C)cc1. The Morgan fingerprint density at radius 3 is 1.83 bits per heavy atom. The lowest BCUT2D eigenvalue weighted by molar-refractivity contribution is 0.946. The summed E-state index contributed by atoms with van der Waals surface area (Å²) in [4.78, 5) is 0. The zero-order valence-electron chi connectivity index (χ0n) is 21.4. The molecule has 0 fully saturated rings. The van der Waals surface area contributed by atoms with Crippen LogP contribution in [0.2, 0.25) is 0 Å². The normalized spacial score (nSPS) is 15.8. The molecule has 4 aromatic rings. The molecule has 0 N–H and O–H groups in total. The van der Waals surface area contributed by atoms with Gasteiger partial charge in [-0.3, -0.25) is 0 Å². The van der Waals surface area contributed by atoms with Crippen LogP contribution in [0, 0.1) is 27.7 Å². The van der Waals surface area contributed by atoms with E-state index in [9.17, 15) is 0 Å². The first-order valence-electron chi connectivity index (χ1n) is 12.8. The van der Waals surface area contributed by atoms with Crippen molar-refractivity contribution in [2.45, 2.75) is 47.0 Å². The van der Waals surface area contributed by atoms with Crippen molar-refractivity contribution in [2.75, 3.05) is 0 Å². The lowest BCUT2D eigenvalue weighted by atomic mass is 9.78. The summed E-state index contributed by atoms with van der Waals surface area (Å²) < 4.78 is 0. The second-order valence-electron chi connectivity index (χ2n) is 10.4. The van der Waals surface area contributed by atoms with Crippen molar-refractivity contribution in [3.8, 4) is 33.4 Å². The molecular weight excluding hydrogens is 420 g/mol. The zero-order chi connectivity index (χ0) is 24.3. The molecule has 2 aliphatic rings. The Labute approximate surface area is 209 Å². The van der Waals surface area contributed by atoms with Crippen LogP contribution < -0.4 is 0 Å². The lowest BCUT2D eigenvalue weighted by Crippen LogP contribution is -2.04. The largest absolute Gasteiger partial charge is 0.0801 e. The van der Waals surface area contributed by atoms with Crippen molar-refractivity contribution in [2.24, 2.45) is 0 Å². The van der Waals surface area contributed by atoms with E-state index in [1.54, 1.807) is 0 Å². The van der Waals surface area contributed by atoms with E-state index in [0.717, 1.165) is 6.42 Å². The van der Waals surface area contributed by atoms with Crippen molar-refractivity contribution < 1.29 is 0 Å². The standard InChI is InChI=1S/C35H32/c1-21-10-15-27(16-11-21)32-25(5)31(26-8-6-7-9-26)33-24(4)30-20-23(3)14-19-29(30)35(33)34(32)28-17-12-22(2)13-18-28/h6-8,10-20,24H,9H2,1-5H3. The van der Waals surface area contributed by atoms with E-state index in [1.165, 1.54) is 77.9 Å². The molecular formula is C35H32. The van der Waals surface area contributed by atoms with Crippen LogP contribution in [-0.2, 0) is 0 Å². The molecule has 0 bridgehead atoms. The molecule has 0 radical (unpaired) electrons. The molecule has 0 aromatic heterocycles. The van der Waals surface area contributed by atoms with Gasteiger partial charge >= 0.3 is 0 Å². The van der Waals surface area contributed by atoms with Crippen LogP contribution in [0.3, 0.4) is 0 Å². The van der Waals surface area contributed by atoms with Gasteiger partial charge in [-0.2, -0.15) is 0 Å². The van der Waals surface area contributed by atoms with E-state index in [0.29, 0.717) is 5.92 Å². The smallest absolute Gasteiger partial charge is 0.00797 e. The summed E-state index contributed by atoms with van der Waals surface area (Å²) in [5, 5.41) is 0. The molecule has 0 amide bonds. The number of hydrogen-bond acceptors (Lipinski definition) is 0. The Bertz CT molecular complexity index is 1520. The number of fused-ring (bicyclic) bond motifs is 3. The van der Waals surface area contributed by atoms with Gasteiger partial charge in [-0.25, -0.2) is 0 Å². The van der Waals surface area contributed by atoms with E-state index in [2.05, 4.69) is 120 Å². The van der Waals surface area contributed by atoms with Crippen molar-refractivity contribution in [3.05, 3.63) is 124 Å². The highest BCUT2D eigenvalue weighted by Gasteiger charge is 2.35. The van der Waals surface area contributed by atoms with Gasteiger partial charge in [-0.1, -0.05) is 109 Å². The summed E-state index contributed by atoms with van der Waals surface area (Å²) in [6.07, 6.45) is 7.84. The van der Waals surface area contributed by atoms with Crippen LogP contribution >= 0.6 is 0 Å². The maximum atomic E-state index is 2.41. The second-order valence-corrected chi connectivity index (χ2v) is 10.4. The first-order valence-corrected chi connectivity index (χ1v) is 12.8. The summed E-state index contributed by atoms with van der Waals surface area (Å²) in [5.41, 5.74) is 19.4. The molecule has 1 atom stereocenters. The van der Waals surface area contributed by atoms with E-state index in [4.69, 9.17) is 0 Å². The molecule has 1 unspecified atom stereocenters. The van der Waals surface area contributed by atoms with E-state index in [-0.39, 0.29) is 0 Å². The molecule has 35 heavy (non-hydrogen) atoms. The molecule has 172 valence electrons. The van der Waals surface area contributed by atoms with Gasteiger partial charge in [-0.05, 0) is 95.3 Å². The van der Waals surface area contributed by atoms with E-state index < -0.39 is 0 Å². The molecule has 2 aliphatic carbocycles. The van der Waals surface area contributed by atoms with Gasteiger partial charge in [0.05, 0.1) is 0 Å². The van der Waals surface area contributed by atoms with Gasteiger partial charge in [0.1, 0.15) is 0 Å². The number of rotatable bonds is 3. The Morgan fingerprint density at radius 2 is 1.23 bits per heavy atom. The van der Waals surface area contributed by atoms with Crippen LogP contribution in [0.4, 0.5) is 0 Å². The third-order valence-corrected chi connectivity index (χ3v) is 7.94. The summed E-state index contributed by atoms with van der Waals surface area (Å²) in [6, 6.07) is 25.3. The molecule has 4 aromatic carbocycles. The number of aryl methyl sites for hydroxylation is 3. The van der Waals surface area contributed by atoms with Crippen LogP contribution in [0.1, 0.15) is 58.2 Å². The maximum absolute atomic E-state index is 2.41. The minimum absolute atomic E-state index is 0.367. The molecule has 0 nitrogen and oxygen atoms in total. The average Bonchev–Trinajstić information content (AvgIpc) is 3.47. The molecule has 6 rings (SSSR count). The van der Waals surface area contributed by atoms with Crippen molar-refractivity contribution in [1.29, 1.82) is 0 Å². The molecule has 0 saturated carbocycles. The number of hydrogen-bond donors (Lipinski definition) is 0. The summed E-state index contributed by atoms with van der Waals surface area (Å²) in [7, 11) is 0. The first-order chi connectivity index (χ1) is 16.9. The van der Waals surface area contributed by atoms with E-state index >= 15 is 0 Å². The lowest BCUT2D eigenvalue weighted by Gasteiger charge is -2.25. The fraction of sp³-hybridized carbons (Fsp3) is 0.200. The fourth-order valence-corrected chi connectivity index (χ4v) is 6.17. The molecule has 0 heteroatoms. The summed E-state index contributed by atoms with van der Waals surface area (Å²) in [5.74, 6) is 0.367. The summed E-state index contributed by atoms with van der Waals surface area (Å²) >= 11 is 0.